The van der Waals surface area contributed by atoms with Crippen molar-refractivity contribution in [2.75, 3.05) is 5.75 Å². The highest BCUT2D eigenvalue weighted by atomic mass is 32.2. The van der Waals surface area contributed by atoms with E-state index in [0.717, 1.165) is 22.7 Å². The molecule has 1 atom stereocenters. The van der Waals surface area contributed by atoms with Crippen molar-refractivity contribution < 1.29 is 4.79 Å². The number of amides is 2. The summed E-state index contributed by atoms with van der Waals surface area (Å²) in [6, 6.07) is 10.1. The van der Waals surface area contributed by atoms with Crippen molar-refractivity contribution in [1.29, 1.82) is 0 Å². The van der Waals surface area contributed by atoms with Crippen LogP contribution in [0.3, 0.4) is 0 Å². The number of urea groups is 1. The van der Waals surface area contributed by atoms with E-state index in [4.69, 9.17) is 0 Å². The molecule has 0 aliphatic carbocycles. The van der Waals surface area contributed by atoms with Gasteiger partial charge in [0, 0.05) is 11.9 Å². The summed E-state index contributed by atoms with van der Waals surface area (Å²) >= 11 is 1.81. The van der Waals surface area contributed by atoms with Crippen molar-refractivity contribution in [2.24, 2.45) is 7.05 Å². The molecular formula is C17H24N4OS. The van der Waals surface area contributed by atoms with Crippen LogP contribution in [0.1, 0.15) is 36.8 Å². The minimum absolute atomic E-state index is 0.0380. The van der Waals surface area contributed by atoms with Crippen molar-refractivity contribution in [3.05, 3.63) is 47.3 Å². The van der Waals surface area contributed by atoms with Crippen LogP contribution in [0, 0.1) is 6.92 Å². The van der Waals surface area contributed by atoms with E-state index in [1.54, 1.807) is 4.68 Å². The zero-order valence-corrected chi connectivity index (χ0v) is 14.9. The lowest BCUT2D eigenvalue weighted by atomic mass is 10.1. The standard InChI is InChI=1S/C17H24N4OS/c1-5-23-16-8-6-14(7-9-16)13(3)19-17(22)18-11-15-10-12(2)20-21(15)4/h6-10,13H,5,11H2,1-4H3,(H2,18,19,22)/t13-/m0/s1. The Bertz CT molecular complexity index is 651. The number of aryl methyl sites for hydroxylation is 2. The van der Waals surface area contributed by atoms with Crippen molar-refractivity contribution in [2.45, 2.75) is 38.3 Å². The van der Waals surface area contributed by atoms with Crippen LogP contribution in [0.5, 0.6) is 0 Å². The molecule has 0 aliphatic rings. The fourth-order valence-electron chi connectivity index (χ4n) is 2.35. The summed E-state index contributed by atoms with van der Waals surface area (Å²) in [6.07, 6.45) is 0. The molecule has 124 valence electrons. The van der Waals surface area contributed by atoms with E-state index in [2.05, 4.69) is 46.9 Å². The van der Waals surface area contributed by atoms with Crippen LogP contribution in [0.4, 0.5) is 4.79 Å². The van der Waals surface area contributed by atoms with E-state index in [1.165, 1.54) is 4.90 Å². The molecule has 5 nitrogen and oxygen atoms in total. The summed E-state index contributed by atoms with van der Waals surface area (Å²) in [5.41, 5.74) is 3.02. The molecule has 23 heavy (non-hydrogen) atoms. The summed E-state index contributed by atoms with van der Waals surface area (Å²) in [4.78, 5) is 13.3. The van der Waals surface area contributed by atoms with Crippen LogP contribution < -0.4 is 10.6 Å². The predicted octanol–water partition coefficient (Wildman–Crippen LogP) is 3.40. The third kappa shape index (κ3) is 5.03. The number of benzene rings is 1. The monoisotopic (exact) mass is 332 g/mol. The Morgan fingerprint density at radius 1 is 1.35 bits per heavy atom. The van der Waals surface area contributed by atoms with Gasteiger partial charge in [-0.05, 0) is 43.4 Å². The Morgan fingerprint density at radius 2 is 2.04 bits per heavy atom. The zero-order valence-electron chi connectivity index (χ0n) is 14.1. The van der Waals surface area contributed by atoms with Crippen LogP contribution in [0.2, 0.25) is 0 Å². The maximum Gasteiger partial charge on any atom is 0.315 e. The normalized spacial score (nSPS) is 12.0. The Morgan fingerprint density at radius 3 is 2.61 bits per heavy atom. The lowest BCUT2D eigenvalue weighted by molar-refractivity contribution is 0.237. The molecule has 0 fully saturated rings. The molecule has 1 aromatic heterocycles. The van der Waals surface area contributed by atoms with E-state index in [-0.39, 0.29) is 12.1 Å². The van der Waals surface area contributed by atoms with Crippen LogP contribution in [-0.4, -0.2) is 21.6 Å². The SMILES string of the molecule is CCSc1ccc([C@H](C)NC(=O)NCc2cc(C)nn2C)cc1. The Kier molecular flexibility index (Phi) is 6.10. The maximum atomic E-state index is 12.0. The van der Waals surface area contributed by atoms with Gasteiger partial charge in [0.1, 0.15) is 0 Å². The first-order valence-electron chi connectivity index (χ1n) is 7.76. The highest BCUT2D eigenvalue weighted by Crippen LogP contribution is 2.20. The second-order valence-corrected chi connectivity index (χ2v) is 6.79. The zero-order chi connectivity index (χ0) is 16.8. The van der Waals surface area contributed by atoms with Gasteiger partial charge in [-0.1, -0.05) is 19.1 Å². The number of carbonyl (C=O) groups excluding carboxylic acids is 1. The van der Waals surface area contributed by atoms with Gasteiger partial charge in [-0.15, -0.1) is 11.8 Å². The number of thioether (sulfide) groups is 1. The highest BCUT2D eigenvalue weighted by Gasteiger charge is 2.10. The lowest BCUT2D eigenvalue weighted by Crippen LogP contribution is -2.37. The first-order valence-corrected chi connectivity index (χ1v) is 8.74. The van der Waals surface area contributed by atoms with Gasteiger partial charge in [-0.2, -0.15) is 5.10 Å². The molecule has 0 aliphatic heterocycles. The molecule has 6 heteroatoms. The molecule has 2 amide bonds. The minimum Gasteiger partial charge on any atom is -0.333 e. The molecule has 0 bridgehead atoms. The molecule has 2 aromatic rings. The number of nitrogens with one attached hydrogen (secondary N) is 2. The lowest BCUT2D eigenvalue weighted by Gasteiger charge is -2.15. The molecule has 1 aromatic carbocycles. The second-order valence-electron chi connectivity index (χ2n) is 5.45. The van der Waals surface area contributed by atoms with Crippen molar-refractivity contribution in [3.8, 4) is 0 Å². The third-order valence-corrected chi connectivity index (χ3v) is 4.46. The molecule has 0 saturated heterocycles. The van der Waals surface area contributed by atoms with Gasteiger partial charge in [0.05, 0.1) is 24.0 Å². The molecule has 0 saturated carbocycles. The summed E-state index contributed by atoms with van der Waals surface area (Å²) in [7, 11) is 1.88. The van der Waals surface area contributed by atoms with E-state index in [1.807, 2.05) is 38.7 Å². The summed E-state index contributed by atoms with van der Waals surface area (Å²) in [5.74, 6) is 1.06. The quantitative estimate of drug-likeness (QED) is 0.797. The second kappa shape index (κ2) is 8.06. The van der Waals surface area contributed by atoms with E-state index < -0.39 is 0 Å². The number of hydrogen-bond acceptors (Lipinski definition) is 3. The van der Waals surface area contributed by atoms with E-state index in [0.29, 0.717) is 6.54 Å². The fraction of sp³-hybridized carbons (Fsp3) is 0.412. The molecule has 1 heterocycles. The van der Waals surface area contributed by atoms with Crippen molar-refractivity contribution >= 4 is 17.8 Å². The van der Waals surface area contributed by atoms with Gasteiger partial charge in [-0.3, -0.25) is 4.68 Å². The molecule has 0 spiro atoms. The third-order valence-electron chi connectivity index (χ3n) is 3.57. The first-order chi connectivity index (χ1) is 11.0. The molecule has 2 N–H and O–H groups in total. The summed E-state index contributed by atoms with van der Waals surface area (Å²) < 4.78 is 1.78. The van der Waals surface area contributed by atoms with Gasteiger partial charge in [0.2, 0.25) is 0 Å². The molecule has 0 unspecified atom stereocenters. The van der Waals surface area contributed by atoms with Crippen LogP contribution in [0.15, 0.2) is 35.2 Å². The van der Waals surface area contributed by atoms with Gasteiger partial charge >= 0.3 is 6.03 Å². The molecule has 0 radical (unpaired) electrons. The van der Waals surface area contributed by atoms with Crippen molar-refractivity contribution in [3.63, 3.8) is 0 Å². The van der Waals surface area contributed by atoms with Crippen LogP contribution in [0.25, 0.3) is 0 Å². The fourth-order valence-corrected chi connectivity index (χ4v) is 3.01. The largest absolute Gasteiger partial charge is 0.333 e. The Labute approximate surface area is 141 Å². The number of nitrogens with zero attached hydrogens (tertiary/aromatic N) is 2. The van der Waals surface area contributed by atoms with Crippen LogP contribution >= 0.6 is 11.8 Å². The molecule has 2 rings (SSSR count). The van der Waals surface area contributed by atoms with E-state index in [9.17, 15) is 4.79 Å². The number of aromatic nitrogens is 2. The summed E-state index contributed by atoms with van der Waals surface area (Å²) in [5, 5.41) is 10.1. The number of hydrogen-bond donors (Lipinski definition) is 2. The van der Waals surface area contributed by atoms with Gasteiger partial charge in [-0.25, -0.2) is 4.79 Å². The number of rotatable bonds is 6. The van der Waals surface area contributed by atoms with Crippen molar-refractivity contribution in [1.82, 2.24) is 20.4 Å². The Hall–Kier alpha value is -1.95. The van der Waals surface area contributed by atoms with Gasteiger partial charge in [0.15, 0.2) is 0 Å². The van der Waals surface area contributed by atoms with Gasteiger partial charge < -0.3 is 10.6 Å². The van der Waals surface area contributed by atoms with Gasteiger partial charge in [0.25, 0.3) is 0 Å². The summed E-state index contributed by atoms with van der Waals surface area (Å²) in [6.45, 7) is 6.51. The average Bonchev–Trinajstić information content (AvgIpc) is 2.84. The minimum atomic E-state index is -0.177. The topological polar surface area (TPSA) is 59.0 Å². The Balaban J connectivity index is 1.85. The first kappa shape index (κ1) is 17.4. The molecular weight excluding hydrogens is 308 g/mol. The highest BCUT2D eigenvalue weighted by molar-refractivity contribution is 7.99. The smallest absolute Gasteiger partial charge is 0.315 e. The average molecular weight is 332 g/mol. The van der Waals surface area contributed by atoms with E-state index >= 15 is 0 Å². The predicted molar refractivity (Wildman–Crippen MR) is 94.6 cm³/mol. The maximum absolute atomic E-state index is 12.0. The number of carbonyl (C=O) groups is 1. The van der Waals surface area contributed by atoms with Crippen LogP contribution in [-0.2, 0) is 13.6 Å².